The maximum atomic E-state index is 6.52. The van der Waals surface area contributed by atoms with Crippen molar-refractivity contribution in [1.29, 1.82) is 0 Å². The Labute approximate surface area is 122 Å². The standard InChI is InChI=1S/C15H29N5/c1-12(2)20-14(17-11-18-20)10-13(16)15(3,4)19-8-6-5-7-9-19/h11-13H,5-10,16H2,1-4H3. The Morgan fingerprint density at radius 3 is 2.50 bits per heavy atom. The summed E-state index contributed by atoms with van der Waals surface area (Å²) in [5.41, 5.74) is 6.53. The molecular formula is C15H29N5. The Bertz CT molecular complexity index is 418. The van der Waals surface area contributed by atoms with Crippen LogP contribution in [-0.2, 0) is 6.42 Å². The quantitative estimate of drug-likeness (QED) is 0.895. The van der Waals surface area contributed by atoms with Crippen LogP contribution in [-0.4, -0.2) is 44.3 Å². The van der Waals surface area contributed by atoms with Crippen LogP contribution in [0.5, 0.6) is 0 Å². The third-order valence-corrected chi connectivity index (χ3v) is 4.62. The number of aromatic nitrogens is 3. The summed E-state index contributed by atoms with van der Waals surface area (Å²) in [4.78, 5) is 6.93. The van der Waals surface area contributed by atoms with Crippen LogP contribution in [0.15, 0.2) is 6.33 Å². The third-order valence-electron chi connectivity index (χ3n) is 4.62. The lowest BCUT2D eigenvalue weighted by Crippen LogP contribution is -2.58. The highest BCUT2D eigenvalue weighted by Crippen LogP contribution is 2.24. The van der Waals surface area contributed by atoms with Gasteiger partial charge in [-0.3, -0.25) is 4.90 Å². The minimum absolute atomic E-state index is 0.00811. The van der Waals surface area contributed by atoms with Gasteiger partial charge in [0.05, 0.1) is 0 Å². The summed E-state index contributed by atoms with van der Waals surface area (Å²) >= 11 is 0. The molecule has 5 nitrogen and oxygen atoms in total. The van der Waals surface area contributed by atoms with Gasteiger partial charge in [0, 0.05) is 24.0 Å². The summed E-state index contributed by atoms with van der Waals surface area (Å²) < 4.78 is 1.98. The fourth-order valence-corrected chi connectivity index (χ4v) is 3.00. The number of hydrogen-bond acceptors (Lipinski definition) is 4. The van der Waals surface area contributed by atoms with E-state index in [2.05, 4.69) is 42.7 Å². The highest BCUT2D eigenvalue weighted by Gasteiger charge is 2.34. The van der Waals surface area contributed by atoms with Crippen LogP contribution in [0.3, 0.4) is 0 Å². The molecule has 0 saturated carbocycles. The number of piperidine rings is 1. The van der Waals surface area contributed by atoms with E-state index in [4.69, 9.17) is 5.73 Å². The zero-order chi connectivity index (χ0) is 14.8. The smallest absolute Gasteiger partial charge is 0.138 e. The summed E-state index contributed by atoms with van der Waals surface area (Å²) in [6, 6.07) is 0.403. The first-order valence-corrected chi connectivity index (χ1v) is 7.82. The van der Waals surface area contributed by atoms with Crippen molar-refractivity contribution < 1.29 is 0 Å². The summed E-state index contributed by atoms with van der Waals surface area (Å²) in [5.74, 6) is 0.998. The first kappa shape index (κ1) is 15.4. The maximum Gasteiger partial charge on any atom is 0.138 e. The number of likely N-dealkylation sites (tertiary alicyclic amines) is 1. The lowest BCUT2D eigenvalue weighted by atomic mass is 9.88. The molecule has 1 aliphatic rings. The molecule has 0 aromatic carbocycles. The molecule has 2 heterocycles. The third kappa shape index (κ3) is 3.20. The van der Waals surface area contributed by atoms with Crippen LogP contribution in [0, 0.1) is 0 Å². The summed E-state index contributed by atoms with van der Waals surface area (Å²) in [6.07, 6.45) is 6.35. The van der Waals surface area contributed by atoms with E-state index in [9.17, 15) is 0 Å². The lowest BCUT2D eigenvalue weighted by molar-refractivity contribution is 0.0721. The van der Waals surface area contributed by atoms with Crippen LogP contribution < -0.4 is 5.73 Å². The molecule has 1 fully saturated rings. The zero-order valence-corrected chi connectivity index (χ0v) is 13.3. The van der Waals surface area contributed by atoms with Gasteiger partial charge in [0.15, 0.2) is 0 Å². The van der Waals surface area contributed by atoms with E-state index in [-0.39, 0.29) is 11.6 Å². The van der Waals surface area contributed by atoms with Gasteiger partial charge in [-0.15, -0.1) is 0 Å². The molecule has 1 aromatic rings. The van der Waals surface area contributed by atoms with Crippen molar-refractivity contribution in [3.63, 3.8) is 0 Å². The van der Waals surface area contributed by atoms with E-state index >= 15 is 0 Å². The maximum absolute atomic E-state index is 6.52. The fraction of sp³-hybridized carbons (Fsp3) is 0.867. The molecule has 2 N–H and O–H groups in total. The molecule has 1 atom stereocenters. The van der Waals surface area contributed by atoms with E-state index in [1.807, 2.05) is 4.68 Å². The van der Waals surface area contributed by atoms with Crippen molar-refractivity contribution in [3.8, 4) is 0 Å². The Kier molecular flexibility index (Phi) is 4.81. The van der Waals surface area contributed by atoms with Crippen LogP contribution in [0.4, 0.5) is 0 Å². The number of hydrogen-bond donors (Lipinski definition) is 1. The van der Waals surface area contributed by atoms with E-state index in [0.717, 1.165) is 25.3 Å². The summed E-state index contributed by atoms with van der Waals surface area (Å²) in [7, 11) is 0. The van der Waals surface area contributed by atoms with Gasteiger partial charge in [0.25, 0.3) is 0 Å². The van der Waals surface area contributed by atoms with Gasteiger partial charge in [0.2, 0.25) is 0 Å². The van der Waals surface area contributed by atoms with Crippen molar-refractivity contribution in [3.05, 3.63) is 12.2 Å². The summed E-state index contributed by atoms with van der Waals surface area (Å²) in [5, 5.41) is 4.30. The normalized spacial score (nSPS) is 19.5. The van der Waals surface area contributed by atoms with E-state index in [0.29, 0.717) is 6.04 Å². The van der Waals surface area contributed by atoms with E-state index < -0.39 is 0 Å². The van der Waals surface area contributed by atoms with Crippen molar-refractivity contribution in [2.45, 2.75) is 71.0 Å². The van der Waals surface area contributed by atoms with Crippen LogP contribution >= 0.6 is 0 Å². The van der Waals surface area contributed by atoms with Gasteiger partial charge < -0.3 is 5.73 Å². The average molecular weight is 279 g/mol. The molecule has 0 radical (unpaired) electrons. The minimum Gasteiger partial charge on any atom is -0.326 e. The van der Waals surface area contributed by atoms with E-state index in [1.165, 1.54) is 19.3 Å². The second kappa shape index (κ2) is 6.22. The molecule has 114 valence electrons. The van der Waals surface area contributed by atoms with Gasteiger partial charge in [-0.1, -0.05) is 6.42 Å². The van der Waals surface area contributed by atoms with Crippen molar-refractivity contribution in [1.82, 2.24) is 19.7 Å². The van der Waals surface area contributed by atoms with Crippen molar-refractivity contribution in [2.75, 3.05) is 13.1 Å². The number of nitrogens with zero attached hydrogens (tertiary/aromatic N) is 4. The SMILES string of the molecule is CC(C)n1ncnc1CC(N)C(C)(C)N1CCCCC1. The van der Waals surface area contributed by atoms with Gasteiger partial charge in [-0.25, -0.2) is 9.67 Å². The molecule has 1 aromatic heterocycles. The number of nitrogens with two attached hydrogens (primary N) is 1. The molecule has 1 saturated heterocycles. The second-order valence-electron chi connectivity index (χ2n) is 6.73. The Hall–Kier alpha value is -0.940. The van der Waals surface area contributed by atoms with Crippen LogP contribution in [0.25, 0.3) is 0 Å². The molecular weight excluding hydrogens is 250 g/mol. The zero-order valence-electron chi connectivity index (χ0n) is 13.3. The topological polar surface area (TPSA) is 60.0 Å². The van der Waals surface area contributed by atoms with Crippen LogP contribution in [0.2, 0.25) is 0 Å². The first-order valence-electron chi connectivity index (χ1n) is 7.82. The summed E-state index contributed by atoms with van der Waals surface area (Å²) in [6.45, 7) is 11.1. The molecule has 2 rings (SSSR count). The van der Waals surface area contributed by atoms with Gasteiger partial charge in [-0.05, 0) is 53.6 Å². The van der Waals surface area contributed by atoms with Crippen molar-refractivity contribution >= 4 is 0 Å². The fourth-order valence-electron chi connectivity index (χ4n) is 3.00. The molecule has 5 heteroatoms. The largest absolute Gasteiger partial charge is 0.326 e. The monoisotopic (exact) mass is 279 g/mol. The van der Waals surface area contributed by atoms with E-state index in [1.54, 1.807) is 6.33 Å². The van der Waals surface area contributed by atoms with Crippen LogP contribution in [0.1, 0.15) is 58.8 Å². The highest BCUT2D eigenvalue weighted by molar-refractivity contribution is 5.00. The van der Waals surface area contributed by atoms with Crippen molar-refractivity contribution in [2.24, 2.45) is 5.73 Å². The Balaban J connectivity index is 2.06. The molecule has 0 aliphatic carbocycles. The predicted octanol–water partition coefficient (Wildman–Crippen LogP) is 1.99. The predicted molar refractivity (Wildman–Crippen MR) is 81.6 cm³/mol. The number of rotatable bonds is 5. The molecule has 20 heavy (non-hydrogen) atoms. The van der Waals surface area contributed by atoms with Gasteiger partial charge in [0.1, 0.15) is 12.2 Å². The Morgan fingerprint density at radius 1 is 1.25 bits per heavy atom. The molecule has 0 spiro atoms. The van der Waals surface area contributed by atoms with Gasteiger partial charge in [-0.2, -0.15) is 5.10 Å². The molecule has 1 unspecified atom stereocenters. The Morgan fingerprint density at radius 2 is 1.90 bits per heavy atom. The molecule has 0 bridgehead atoms. The minimum atomic E-state index is 0.00811. The molecule has 0 amide bonds. The molecule has 1 aliphatic heterocycles. The average Bonchev–Trinajstić information content (AvgIpc) is 2.88. The van der Waals surface area contributed by atoms with Gasteiger partial charge >= 0.3 is 0 Å². The first-order chi connectivity index (χ1) is 9.43. The lowest BCUT2D eigenvalue weighted by Gasteiger charge is -2.44. The second-order valence-corrected chi connectivity index (χ2v) is 6.73. The highest BCUT2D eigenvalue weighted by atomic mass is 15.3.